The van der Waals surface area contributed by atoms with Crippen LogP contribution in [0.4, 0.5) is 29.5 Å². The molecule has 6 aromatic rings. The van der Waals surface area contributed by atoms with E-state index >= 15 is 0 Å². The average Bonchev–Trinajstić information content (AvgIpc) is 4.36. The molecule has 368 valence electrons. The zero-order valence-corrected chi connectivity index (χ0v) is 43.3. The van der Waals surface area contributed by atoms with Crippen molar-refractivity contribution in [2.75, 3.05) is 78.5 Å². The van der Waals surface area contributed by atoms with Crippen LogP contribution in [0, 0.1) is 47.3 Å². The first-order chi connectivity index (χ1) is 33.4. The number of nitrogens with zero attached hydrogens (tertiary/aromatic N) is 15. The maximum Gasteiger partial charge on any atom is 0.491 e. The molecule has 14 rings (SSSR count). The topological polar surface area (TPSA) is 269 Å². The Kier molecular flexibility index (Phi) is 17.4. The van der Waals surface area contributed by atoms with Gasteiger partial charge < -0.3 is 41.5 Å². The van der Waals surface area contributed by atoms with Crippen LogP contribution in [0.25, 0.3) is 11.4 Å². The molecule has 0 aromatic carbocycles. The van der Waals surface area contributed by atoms with Crippen molar-refractivity contribution in [2.45, 2.75) is 25.7 Å². The van der Waals surface area contributed by atoms with Gasteiger partial charge in [0.1, 0.15) is 11.6 Å². The first-order valence-corrected chi connectivity index (χ1v) is 25.1. The van der Waals surface area contributed by atoms with E-state index in [1.807, 2.05) is 12.4 Å². The van der Waals surface area contributed by atoms with Crippen molar-refractivity contribution in [3.8, 4) is 11.4 Å². The summed E-state index contributed by atoms with van der Waals surface area (Å²) >= 11 is 17.2. The summed E-state index contributed by atoms with van der Waals surface area (Å²) in [6.45, 7) is 9.23. The molecule has 4 saturated heterocycles. The number of anilines is 5. The summed E-state index contributed by atoms with van der Waals surface area (Å²) in [6, 6.07) is 3.24. The highest BCUT2D eigenvalue weighted by atomic mass is 79.9. The van der Waals surface area contributed by atoms with E-state index in [9.17, 15) is 0 Å². The van der Waals surface area contributed by atoms with Crippen molar-refractivity contribution in [2.24, 2.45) is 47.3 Å². The molecular weight excluding hydrogens is 1090 g/mol. The van der Waals surface area contributed by atoms with Crippen LogP contribution in [0.2, 0.25) is 10.6 Å². The second-order valence-corrected chi connectivity index (χ2v) is 20.8. The first kappa shape index (κ1) is 51.6. The summed E-state index contributed by atoms with van der Waals surface area (Å²) in [4.78, 5) is 55.3. The van der Waals surface area contributed by atoms with E-state index in [2.05, 4.69) is 112 Å². The summed E-state index contributed by atoms with van der Waals surface area (Å²) in [5.41, 5.74) is 12.0. The molecule has 10 heterocycles. The maximum absolute atomic E-state index is 8.89. The number of nitrogens with one attached hydrogen (secondary N) is 1. The monoisotopic (exact) mass is 1140 g/mol. The molecular formula is C44H52BBr2Cl3N18O2. The summed E-state index contributed by atoms with van der Waals surface area (Å²) < 4.78 is 1.78. The van der Waals surface area contributed by atoms with Crippen LogP contribution in [0.1, 0.15) is 25.7 Å². The fourth-order valence-electron chi connectivity index (χ4n) is 8.80. The molecule has 70 heavy (non-hydrogen) atoms. The Morgan fingerprint density at radius 1 is 0.514 bits per heavy atom. The van der Waals surface area contributed by atoms with Gasteiger partial charge in [-0.3, -0.25) is 0 Å². The fourth-order valence-corrected chi connectivity index (χ4v) is 9.46. The van der Waals surface area contributed by atoms with E-state index in [0.717, 1.165) is 113 Å². The average molecular weight is 1140 g/mol. The molecule has 26 heteroatoms. The van der Waals surface area contributed by atoms with Gasteiger partial charge in [-0.05, 0) is 153 Å². The molecule has 4 aliphatic carbocycles. The van der Waals surface area contributed by atoms with Crippen LogP contribution in [-0.2, 0) is 0 Å². The highest BCUT2D eigenvalue weighted by molar-refractivity contribution is 9.10. The van der Waals surface area contributed by atoms with Gasteiger partial charge in [-0.1, -0.05) is 0 Å². The number of rotatable bonds is 5. The van der Waals surface area contributed by atoms with E-state index in [-0.39, 0.29) is 23.0 Å². The largest absolute Gasteiger partial charge is 0.491 e. The number of halogens is 5. The lowest BCUT2D eigenvalue weighted by molar-refractivity contribution is 0.425. The molecule has 0 spiro atoms. The molecule has 6 aromatic heterocycles. The second-order valence-electron chi connectivity index (χ2n) is 18.3. The Hall–Kier alpha value is -4.75. The van der Waals surface area contributed by atoms with Crippen molar-refractivity contribution in [3.63, 3.8) is 0 Å². The Balaban J connectivity index is 0.000000117. The number of aromatic nitrogens is 12. The molecule has 0 bridgehead atoms. The minimum atomic E-state index is -1.48. The van der Waals surface area contributed by atoms with E-state index in [4.69, 9.17) is 44.7 Å². The maximum atomic E-state index is 8.89. The molecule has 20 nitrogen and oxygen atoms in total. The van der Waals surface area contributed by atoms with Gasteiger partial charge in [-0.25, -0.2) is 59.8 Å². The minimum absolute atomic E-state index is 0. The molecule has 0 radical (unpaired) electrons. The number of piperidine rings is 4. The lowest BCUT2D eigenvalue weighted by Crippen LogP contribution is -2.32. The van der Waals surface area contributed by atoms with E-state index in [0.29, 0.717) is 28.9 Å². The molecule has 4 aliphatic heterocycles. The van der Waals surface area contributed by atoms with E-state index in [1.54, 1.807) is 43.1 Å². The van der Waals surface area contributed by atoms with Crippen molar-refractivity contribution < 1.29 is 10.0 Å². The summed E-state index contributed by atoms with van der Waals surface area (Å²) in [5.74, 6) is 11.3. The third-order valence-electron chi connectivity index (χ3n) is 13.0. The number of nitrogen functional groups attached to an aromatic ring is 2. The zero-order chi connectivity index (χ0) is 48.0. The summed E-state index contributed by atoms with van der Waals surface area (Å²) in [7, 11) is -1.48. The summed E-state index contributed by atoms with van der Waals surface area (Å²) in [5, 5.41) is 21.6. The molecule has 7 N–H and O–H groups in total. The van der Waals surface area contributed by atoms with Gasteiger partial charge >= 0.3 is 7.12 Å². The lowest BCUT2D eigenvalue weighted by atomic mass is 9.83. The van der Waals surface area contributed by atoms with Crippen LogP contribution >= 0.6 is 67.5 Å². The third-order valence-corrected chi connectivity index (χ3v) is 14.2. The number of hydrogen-bond donors (Lipinski definition) is 5. The van der Waals surface area contributed by atoms with Crippen LogP contribution in [-0.4, -0.2) is 129 Å². The molecule has 0 amide bonds. The molecule has 8 fully saturated rings. The third kappa shape index (κ3) is 14.7. The first-order valence-electron chi connectivity index (χ1n) is 22.8. The van der Waals surface area contributed by atoms with Crippen molar-refractivity contribution in [3.05, 3.63) is 93.6 Å². The smallest absolute Gasteiger partial charge is 0.423 e. The Labute approximate surface area is 438 Å². The molecule has 8 unspecified atom stereocenters. The predicted molar refractivity (Wildman–Crippen MR) is 278 cm³/mol. The quantitative estimate of drug-likeness (QED) is 0.117. The number of hydrogen-bond acceptors (Lipinski definition) is 20. The number of fused-ring (bicyclic) bond motifs is 4. The highest BCUT2D eigenvalue weighted by Crippen LogP contribution is 2.47. The standard InChI is InChI=1S/C13H14N6.C9H12BN3O2.C9H10BrN3.C5H9N.C4H2BrClN2.C4H4ClN3.ClH/c14-11-1-2-15-12(18-11)10-4-16-13(17-5-10)19-6-8-3-9(8)7-19;14-10(15)8-2-11-9(12-3-8)13-4-6-1-7(6)5-13;10-8-2-11-9(12-3-8)13-4-6-1-7(6)5-13;1-4-2-6-3-5(1)4;5-3-1-7-4(6)8-2-3;5-4-7-2-1-3(6)8-4;/h1-2,4-5,8-9H,3,6-7H2,(H2,14,15,18);2-3,6-7,14-15H,1,4-5H2;2-3,6-7H,1,4-5H2;4-6H,1-3H2;1-2H;1-2H,(H2,6,7,8);1H. The minimum Gasteiger partial charge on any atom is -0.423 e. The van der Waals surface area contributed by atoms with Gasteiger partial charge in [0.15, 0.2) is 5.82 Å². The molecule has 8 aliphatic rings. The van der Waals surface area contributed by atoms with Crippen molar-refractivity contribution >= 4 is 110 Å². The van der Waals surface area contributed by atoms with Gasteiger partial charge in [0.05, 0.1) is 14.5 Å². The number of nitrogens with two attached hydrogens (primary N) is 2. The van der Waals surface area contributed by atoms with Gasteiger partial charge in [0.2, 0.25) is 28.4 Å². The second kappa shape index (κ2) is 23.7. The van der Waals surface area contributed by atoms with E-state index < -0.39 is 7.12 Å². The molecule has 8 atom stereocenters. The van der Waals surface area contributed by atoms with Gasteiger partial charge in [0, 0.05) is 107 Å². The Bertz CT molecular complexity index is 2550. The SMILES string of the molecule is Brc1cnc(N2CC3CC3C2)nc1.C1NCC2CC12.Cl.Clc1ncc(Br)cn1.Nc1ccnc(-c2cnc(N3CC4CC4C3)nc2)n1.Nc1ccnc(Cl)n1.OB(O)c1cnc(N2CC3CC3C2)nc1. The van der Waals surface area contributed by atoms with Gasteiger partial charge in [-0.2, -0.15) is 0 Å². The van der Waals surface area contributed by atoms with Crippen molar-refractivity contribution in [1.29, 1.82) is 0 Å². The summed E-state index contributed by atoms with van der Waals surface area (Å²) in [6.07, 6.45) is 22.1. The zero-order valence-electron chi connectivity index (χ0n) is 37.8. The van der Waals surface area contributed by atoms with E-state index in [1.165, 1.54) is 57.4 Å². The van der Waals surface area contributed by atoms with Crippen LogP contribution in [0.3, 0.4) is 0 Å². The Morgan fingerprint density at radius 2 is 0.900 bits per heavy atom. The van der Waals surface area contributed by atoms with Gasteiger partial charge in [-0.15, -0.1) is 12.4 Å². The fraction of sp³-hybridized carbons (Fsp3) is 0.455. The Morgan fingerprint density at radius 3 is 1.24 bits per heavy atom. The van der Waals surface area contributed by atoms with Crippen molar-refractivity contribution in [1.82, 2.24) is 65.1 Å². The normalized spacial score (nSPS) is 24.7. The van der Waals surface area contributed by atoms with Crippen LogP contribution in [0.15, 0.2) is 83.0 Å². The lowest BCUT2D eigenvalue weighted by Gasteiger charge is -2.17. The van der Waals surface area contributed by atoms with Crippen LogP contribution in [0.5, 0.6) is 0 Å². The predicted octanol–water partition coefficient (Wildman–Crippen LogP) is 4.53. The van der Waals surface area contributed by atoms with Gasteiger partial charge in [0.25, 0.3) is 0 Å². The van der Waals surface area contributed by atoms with Crippen LogP contribution < -0.4 is 36.9 Å². The molecule has 4 saturated carbocycles. The highest BCUT2D eigenvalue weighted by Gasteiger charge is 2.47.